The van der Waals surface area contributed by atoms with Gasteiger partial charge in [0.1, 0.15) is 11.6 Å². The number of halogens is 1. The molecule has 0 amide bonds. The fourth-order valence-corrected chi connectivity index (χ4v) is 2.67. The van der Waals surface area contributed by atoms with E-state index in [1.165, 1.54) is 12.1 Å². The first-order chi connectivity index (χ1) is 12.3. The zero-order chi connectivity index (χ0) is 17.1. The Morgan fingerprint density at radius 1 is 0.920 bits per heavy atom. The van der Waals surface area contributed by atoms with E-state index in [1.807, 2.05) is 42.5 Å². The first kappa shape index (κ1) is 15.2. The van der Waals surface area contributed by atoms with Crippen molar-refractivity contribution in [2.24, 2.45) is 0 Å². The van der Waals surface area contributed by atoms with Crippen LogP contribution in [0, 0.1) is 5.82 Å². The van der Waals surface area contributed by atoms with E-state index in [0.717, 1.165) is 22.0 Å². The van der Waals surface area contributed by atoms with Crippen molar-refractivity contribution in [1.82, 2.24) is 15.0 Å². The van der Waals surface area contributed by atoms with E-state index < -0.39 is 0 Å². The quantitative estimate of drug-likeness (QED) is 0.601. The molecule has 0 spiro atoms. The van der Waals surface area contributed by atoms with Crippen molar-refractivity contribution < 1.29 is 4.39 Å². The molecule has 4 aromatic rings. The van der Waals surface area contributed by atoms with Gasteiger partial charge in [0.2, 0.25) is 0 Å². The maximum Gasteiger partial charge on any atom is 0.163 e. The van der Waals surface area contributed by atoms with Crippen molar-refractivity contribution in [3.63, 3.8) is 0 Å². The van der Waals surface area contributed by atoms with Crippen LogP contribution < -0.4 is 5.32 Å². The van der Waals surface area contributed by atoms with Gasteiger partial charge in [0.15, 0.2) is 5.82 Å². The number of nitrogens with zero attached hydrogens (tertiary/aromatic N) is 3. The first-order valence-electron chi connectivity index (χ1n) is 7.95. The summed E-state index contributed by atoms with van der Waals surface area (Å²) in [5.74, 6) is 1.07. The average Bonchev–Trinajstić information content (AvgIpc) is 2.66. The molecule has 0 bridgehead atoms. The highest BCUT2D eigenvalue weighted by molar-refractivity contribution is 5.90. The summed E-state index contributed by atoms with van der Waals surface area (Å²) in [6.07, 6.45) is 3.45. The lowest BCUT2D eigenvalue weighted by atomic mass is 10.2. The highest BCUT2D eigenvalue weighted by Crippen LogP contribution is 2.24. The molecule has 1 N–H and O–H groups in total. The number of fused-ring (bicyclic) bond motifs is 1. The Morgan fingerprint density at radius 3 is 2.68 bits per heavy atom. The minimum Gasteiger partial charge on any atom is -0.365 e. The second kappa shape index (κ2) is 6.65. The molecular formula is C20H15FN4. The predicted molar refractivity (Wildman–Crippen MR) is 96.5 cm³/mol. The molecule has 4 nitrogen and oxygen atoms in total. The Labute approximate surface area is 144 Å². The molecule has 0 unspecified atom stereocenters. The van der Waals surface area contributed by atoms with Gasteiger partial charge in [-0.1, -0.05) is 24.3 Å². The van der Waals surface area contributed by atoms with Gasteiger partial charge in [0.05, 0.1) is 5.52 Å². The lowest BCUT2D eigenvalue weighted by molar-refractivity contribution is 0.626. The number of hydrogen-bond acceptors (Lipinski definition) is 4. The SMILES string of the molecule is Fc1cccc(CNc2nc(-c3cccnc3)nc3ccccc23)c1. The maximum absolute atomic E-state index is 13.4. The third-order valence-corrected chi connectivity index (χ3v) is 3.87. The molecule has 0 aliphatic carbocycles. The molecular weight excluding hydrogens is 315 g/mol. The Balaban J connectivity index is 1.73. The zero-order valence-corrected chi connectivity index (χ0v) is 13.4. The van der Waals surface area contributed by atoms with Crippen LogP contribution in [0.5, 0.6) is 0 Å². The van der Waals surface area contributed by atoms with Gasteiger partial charge in [0.25, 0.3) is 0 Å². The van der Waals surface area contributed by atoms with Crippen LogP contribution in [0.2, 0.25) is 0 Å². The third kappa shape index (κ3) is 3.30. The zero-order valence-electron chi connectivity index (χ0n) is 13.4. The standard InChI is InChI=1S/C20H15FN4/c21-16-7-3-5-14(11-16)12-23-20-17-8-1-2-9-18(17)24-19(25-20)15-6-4-10-22-13-15/h1-11,13H,12H2,(H,23,24,25). The van der Waals surface area contributed by atoms with Crippen LogP contribution >= 0.6 is 0 Å². The van der Waals surface area contributed by atoms with Gasteiger partial charge >= 0.3 is 0 Å². The smallest absolute Gasteiger partial charge is 0.163 e. The van der Waals surface area contributed by atoms with Gasteiger partial charge in [-0.2, -0.15) is 0 Å². The Kier molecular flexibility index (Phi) is 4.04. The normalized spacial score (nSPS) is 10.8. The van der Waals surface area contributed by atoms with Crippen molar-refractivity contribution in [2.45, 2.75) is 6.54 Å². The molecule has 0 aliphatic rings. The topological polar surface area (TPSA) is 50.7 Å². The van der Waals surface area contributed by atoms with E-state index in [2.05, 4.69) is 20.3 Å². The Morgan fingerprint density at radius 2 is 1.84 bits per heavy atom. The minimum absolute atomic E-state index is 0.247. The number of para-hydroxylation sites is 1. The number of pyridine rings is 1. The number of rotatable bonds is 4. The molecule has 0 saturated heterocycles. The van der Waals surface area contributed by atoms with Crippen LogP contribution in [0.15, 0.2) is 73.1 Å². The van der Waals surface area contributed by atoms with Gasteiger partial charge < -0.3 is 5.32 Å². The number of hydrogen-bond donors (Lipinski definition) is 1. The molecule has 2 aromatic carbocycles. The number of benzene rings is 2. The molecule has 5 heteroatoms. The average molecular weight is 330 g/mol. The van der Waals surface area contributed by atoms with E-state index in [0.29, 0.717) is 18.2 Å². The number of anilines is 1. The molecule has 122 valence electrons. The van der Waals surface area contributed by atoms with Gasteiger partial charge in [-0.25, -0.2) is 14.4 Å². The van der Waals surface area contributed by atoms with Crippen molar-refractivity contribution in [3.05, 3.63) is 84.4 Å². The summed E-state index contributed by atoms with van der Waals surface area (Å²) < 4.78 is 13.4. The third-order valence-electron chi connectivity index (χ3n) is 3.87. The molecule has 25 heavy (non-hydrogen) atoms. The molecule has 4 rings (SSSR count). The van der Waals surface area contributed by atoms with Crippen molar-refractivity contribution >= 4 is 16.7 Å². The molecule has 0 atom stereocenters. The van der Waals surface area contributed by atoms with E-state index in [-0.39, 0.29) is 5.82 Å². The van der Waals surface area contributed by atoms with Gasteiger partial charge in [0, 0.05) is 29.9 Å². The van der Waals surface area contributed by atoms with Crippen molar-refractivity contribution in [3.8, 4) is 11.4 Å². The van der Waals surface area contributed by atoms with Gasteiger partial charge in [-0.05, 0) is 42.0 Å². The lowest BCUT2D eigenvalue weighted by Gasteiger charge is -2.11. The summed E-state index contributed by atoms with van der Waals surface area (Å²) in [7, 11) is 0. The number of aromatic nitrogens is 3. The van der Waals surface area contributed by atoms with E-state index in [1.54, 1.807) is 18.5 Å². The largest absolute Gasteiger partial charge is 0.365 e. The van der Waals surface area contributed by atoms with Crippen LogP contribution in [-0.2, 0) is 6.54 Å². The summed E-state index contributed by atoms with van der Waals surface area (Å²) in [4.78, 5) is 13.4. The summed E-state index contributed by atoms with van der Waals surface area (Å²) in [6.45, 7) is 0.477. The summed E-state index contributed by atoms with van der Waals surface area (Å²) >= 11 is 0. The first-order valence-corrected chi connectivity index (χ1v) is 7.95. The molecule has 0 aliphatic heterocycles. The number of nitrogens with one attached hydrogen (secondary N) is 1. The predicted octanol–water partition coefficient (Wildman–Crippen LogP) is 4.44. The second-order valence-corrected chi connectivity index (χ2v) is 5.64. The highest BCUT2D eigenvalue weighted by atomic mass is 19.1. The fourth-order valence-electron chi connectivity index (χ4n) is 2.67. The van der Waals surface area contributed by atoms with Gasteiger partial charge in [-0.15, -0.1) is 0 Å². The van der Waals surface area contributed by atoms with E-state index in [4.69, 9.17) is 0 Å². The van der Waals surface area contributed by atoms with Crippen molar-refractivity contribution in [1.29, 1.82) is 0 Å². The van der Waals surface area contributed by atoms with E-state index >= 15 is 0 Å². The van der Waals surface area contributed by atoms with E-state index in [9.17, 15) is 4.39 Å². The van der Waals surface area contributed by atoms with Crippen LogP contribution in [0.4, 0.5) is 10.2 Å². The van der Waals surface area contributed by atoms with Crippen LogP contribution in [-0.4, -0.2) is 15.0 Å². The molecule has 0 saturated carbocycles. The van der Waals surface area contributed by atoms with Gasteiger partial charge in [-0.3, -0.25) is 4.98 Å². The summed E-state index contributed by atoms with van der Waals surface area (Å²) in [6, 6.07) is 18.1. The molecule has 2 heterocycles. The Hall–Kier alpha value is -3.34. The monoisotopic (exact) mass is 330 g/mol. The summed E-state index contributed by atoms with van der Waals surface area (Å²) in [5, 5.41) is 4.23. The molecule has 0 radical (unpaired) electrons. The fraction of sp³-hybridized carbons (Fsp3) is 0.0500. The van der Waals surface area contributed by atoms with Crippen molar-refractivity contribution in [2.75, 3.05) is 5.32 Å². The second-order valence-electron chi connectivity index (χ2n) is 5.64. The summed E-state index contributed by atoms with van der Waals surface area (Å²) in [5.41, 5.74) is 2.55. The molecule has 2 aromatic heterocycles. The van der Waals surface area contributed by atoms with Crippen LogP contribution in [0.1, 0.15) is 5.56 Å². The Bertz CT molecular complexity index is 1020. The maximum atomic E-state index is 13.4. The van der Waals surface area contributed by atoms with Crippen LogP contribution in [0.3, 0.4) is 0 Å². The minimum atomic E-state index is -0.247. The highest BCUT2D eigenvalue weighted by Gasteiger charge is 2.09. The molecule has 0 fully saturated rings. The van der Waals surface area contributed by atoms with Crippen LogP contribution in [0.25, 0.3) is 22.3 Å². The lowest BCUT2D eigenvalue weighted by Crippen LogP contribution is -2.04.